The van der Waals surface area contributed by atoms with Crippen molar-refractivity contribution in [2.24, 2.45) is 0 Å². The maximum atomic E-state index is 13.0. The Morgan fingerprint density at radius 2 is 1.67 bits per heavy atom. The zero-order valence-electron chi connectivity index (χ0n) is 17.9. The normalized spacial score (nSPS) is 15.4. The molecule has 0 saturated carbocycles. The molecule has 2 aromatic carbocycles. The quantitative estimate of drug-likeness (QED) is 0.608. The lowest BCUT2D eigenvalue weighted by atomic mass is 10.1. The Labute approximate surface area is 177 Å². The number of ketones is 1. The smallest absolute Gasteiger partial charge is 0.179 e. The van der Waals surface area contributed by atoms with E-state index >= 15 is 0 Å². The van der Waals surface area contributed by atoms with Crippen LogP contribution in [0.2, 0.25) is 0 Å². The molecule has 3 aromatic rings. The summed E-state index contributed by atoms with van der Waals surface area (Å²) in [5.41, 5.74) is 4.01. The second-order valence-electron chi connectivity index (χ2n) is 7.84. The number of aromatic nitrogens is 1. The first kappa shape index (κ1) is 20.4. The van der Waals surface area contributed by atoms with Crippen LogP contribution < -0.4 is 9.47 Å². The lowest BCUT2D eigenvalue weighted by Crippen LogP contribution is -2.47. The average Bonchev–Trinajstić information content (AvgIpc) is 3.10. The van der Waals surface area contributed by atoms with Gasteiger partial charge in [-0.15, -0.1) is 0 Å². The summed E-state index contributed by atoms with van der Waals surface area (Å²) in [5.74, 6) is 1.70. The topological polar surface area (TPSA) is 57.8 Å². The zero-order chi connectivity index (χ0) is 21.1. The minimum atomic E-state index is 0.193. The molecule has 0 spiro atoms. The minimum absolute atomic E-state index is 0.193. The maximum absolute atomic E-state index is 13.0. The summed E-state index contributed by atoms with van der Waals surface area (Å²) >= 11 is 0. The predicted molar refractivity (Wildman–Crippen MR) is 119 cm³/mol. The molecule has 1 aliphatic rings. The van der Waals surface area contributed by atoms with Crippen LogP contribution in [0.25, 0.3) is 10.9 Å². The molecule has 1 fully saturated rings. The minimum Gasteiger partial charge on any atom is -0.493 e. The number of hydrogen-bond donors (Lipinski definition) is 1. The summed E-state index contributed by atoms with van der Waals surface area (Å²) in [6.45, 7) is 6.97. The molecule has 2 heterocycles. The second kappa shape index (κ2) is 8.90. The number of methoxy groups -OCH3 is 2. The first-order chi connectivity index (χ1) is 14.6. The van der Waals surface area contributed by atoms with Gasteiger partial charge in [0.25, 0.3) is 0 Å². The molecule has 1 aromatic heterocycles. The highest BCUT2D eigenvalue weighted by atomic mass is 16.5. The number of Topliss-reactive ketones (excluding diaryl/α,β-unsaturated/α-hetero) is 1. The zero-order valence-corrected chi connectivity index (χ0v) is 17.9. The number of fused-ring (bicyclic) bond motifs is 1. The van der Waals surface area contributed by atoms with Gasteiger partial charge in [-0.1, -0.05) is 24.3 Å². The molecule has 1 N–H and O–H groups in total. The van der Waals surface area contributed by atoms with Crippen LogP contribution in [0.3, 0.4) is 0 Å². The molecule has 0 amide bonds. The highest BCUT2D eigenvalue weighted by Gasteiger charge is 2.22. The van der Waals surface area contributed by atoms with Crippen LogP contribution in [-0.4, -0.2) is 67.5 Å². The fourth-order valence-corrected chi connectivity index (χ4v) is 4.26. The first-order valence-corrected chi connectivity index (χ1v) is 10.3. The molecule has 6 nitrogen and oxygen atoms in total. The SMILES string of the molecule is COc1ccc(CN2CCN(CC(=O)c3c(C)[nH]c4ccccc34)CC2)cc1OC. The highest BCUT2D eigenvalue weighted by molar-refractivity contribution is 6.10. The number of nitrogens with one attached hydrogen (secondary N) is 1. The van der Waals surface area contributed by atoms with Crippen LogP contribution >= 0.6 is 0 Å². The molecule has 0 unspecified atom stereocenters. The van der Waals surface area contributed by atoms with Crippen molar-refractivity contribution < 1.29 is 14.3 Å². The van der Waals surface area contributed by atoms with Crippen molar-refractivity contribution in [2.45, 2.75) is 13.5 Å². The van der Waals surface area contributed by atoms with Gasteiger partial charge < -0.3 is 14.5 Å². The van der Waals surface area contributed by atoms with E-state index in [1.165, 1.54) is 5.56 Å². The van der Waals surface area contributed by atoms with Crippen molar-refractivity contribution in [3.63, 3.8) is 0 Å². The van der Waals surface area contributed by atoms with Gasteiger partial charge in [0.2, 0.25) is 0 Å². The summed E-state index contributed by atoms with van der Waals surface area (Å²) in [6.07, 6.45) is 0. The van der Waals surface area contributed by atoms with Crippen LogP contribution in [-0.2, 0) is 6.54 Å². The molecule has 6 heteroatoms. The van der Waals surface area contributed by atoms with Crippen LogP contribution in [0, 0.1) is 6.92 Å². The monoisotopic (exact) mass is 407 g/mol. The number of hydrogen-bond acceptors (Lipinski definition) is 5. The average molecular weight is 408 g/mol. The molecule has 1 aliphatic heterocycles. The van der Waals surface area contributed by atoms with Gasteiger partial charge in [-0.3, -0.25) is 14.6 Å². The standard InChI is InChI=1S/C24H29N3O3/c1-17-24(19-6-4-5-7-20(19)25-17)21(28)16-27-12-10-26(11-13-27)15-18-8-9-22(29-2)23(14-18)30-3/h4-9,14,25H,10-13,15-16H2,1-3H3. The lowest BCUT2D eigenvalue weighted by Gasteiger charge is -2.34. The molecule has 0 aliphatic carbocycles. The van der Waals surface area contributed by atoms with Crippen molar-refractivity contribution in [1.29, 1.82) is 0 Å². The Hall–Kier alpha value is -2.83. The third-order valence-corrected chi connectivity index (χ3v) is 5.86. The summed E-state index contributed by atoms with van der Waals surface area (Å²) in [6, 6.07) is 14.1. The van der Waals surface area contributed by atoms with Gasteiger partial charge in [-0.2, -0.15) is 0 Å². The molecule has 0 atom stereocenters. The molecule has 30 heavy (non-hydrogen) atoms. The Kier molecular flexibility index (Phi) is 6.06. The summed E-state index contributed by atoms with van der Waals surface area (Å²) in [7, 11) is 3.31. The fraction of sp³-hybridized carbons (Fsp3) is 0.375. The highest BCUT2D eigenvalue weighted by Crippen LogP contribution is 2.28. The Morgan fingerprint density at radius 1 is 0.967 bits per heavy atom. The van der Waals surface area contributed by atoms with Gasteiger partial charge in [-0.25, -0.2) is 0 Å². The number of carbonyl (C=O) groups is 1. The third-order valence-electron chi connectivity index (χ3n) is 5.86. The van der Waals surface area contributed by atoms with Gasteiger partial charge in [0.15, 0.2) is 17.3 Å². The molecular weight excluding hydrogens is 378 g/mol. The van der Waals surface area contributed by atoms with E-state index in [0.717, 1.165) is 66.4 Å². The molecule has 4 rings (SSSR count). The van der Waals surface area contributed by atoms with Crippen LogP contribution in [0.4, 0.5) is 0 Å². The van der Waals surface area contributed by atoms with E-state index < -0.39 is 0 Å². The van der Waals surface area contributed by atoms with Crippen molar-refractivity contribution in [2.75, 3.05) is 46.9 Å². The fourth-order valence-electron chi connectivity index (χ4n) is 4.26. The van der Waals surface area contributed by atoms with E-state index in [-0.39, 0.29) is 5.78 Å². The number of piperazine rings is 1. The van der Waals surface area contributed by atoms with Crippen LogP contribution in [0.1, 0.15) is 21.6 Å². The van der Waals surface area contributed by atoms with E-state index in [0.29, 0.717) is 6.54 Å². The van der Waals surface area contributed by atoms with Gasteiger partial charge in [-0.05, 0) is 30.7 Å². The Bertz CT molecular complexity index is 1040. The third kappa shape index (κ3) is 4.20. The lowest BCUT2D eigenvalue weighted by molar-refractivity contribution is 0.0844. The summed E-state index contributed by atoms with van der Waals surface area (Å²) in [4.78, 5) is 21.0. The Balaban J connectivity index is 1.34. The van der Waals surface area contributed by atoms with Gasteiger partial charge in [0.1, 0.15) is 0 Å². The first-order valence-electron chi connectivity index (χ1n) is 10.3. The molecule has 1 saturated heterocycles. The van der Waals surface area contributed by atoms with Gasteiger partial charge in [0, 0.05) is 54.9 Å². The van der Waals surface area contributed by atoms with Gasteiger partial charge in [0.05, 0.1) is 20.8 Å². The molecule has 0 radical (unpaired) electrons. The number of H-pyrrole nitrogens is 1. The molecule has 0 bridgehead atoms. The summed E-state index contributed by atoms with van der Waals surface area (Å²) < 4.78 is 10.7. The number of rotatable bonds is 7. The van der Waals surface area contributed by atoms with E-state index in [1.54, 1.807) is 14.2 Å². The number of benzene rings is 2. The molecular formula is C24H29N3O3. The predicted octanol–water partition coefficient (Wildman–Crippen LogP) is 3.49. The van der Waals surface area contributed by atoms with Crippen LogP contribution in [0.15, 0.2) is 42.5 Å². The molecule has 158 valence electrons. The number of carbonyl (C=O) groups excluding carboxylic acids is 1. The van der Waals surface area contributed by atoms with E-state index in [4.69, 9.17) is 9.47 Å². The summed E-state index contributed by atoms with van der Waals surface area (Å²) in [5, 5.41) is 1.02. The Morgan fingerprint density at radius 3 is 2.40 bits per heavy atom. The van der Waals surface area contributed by atoms with E-state index in [9.17, 15) is 4.79 Å². The maximum Gasteiger partial charge on any atom is 0.179 e. The number of para-hydroxylation sites is 1. The van der Waals surface area contributed by atoms with Crippen molar-refractivity contribution in [3.8, 4) is 11.5 Å². The van der Waals surface area contributed by atoms with Crippen molar-refractivity contribution >= 4 is 16.7 Å². The largest absolute Gasteiger partial charge is 0.493 e. The number of nitrogens with zero attached hydrogens (tertiary/aromatic N) is 2. The van der Waals surface area contributed by atoms with Crippen molar-refractivity contribution in [3.05, 3.63) is 59.3 Å². The van der Waals surface area contributed by atoms with Gasteiger partial charge >= 0.3 is 0 Å². The number of ether oxygens (including phenoxy) is 2. The second-order valence-corrected chi connectivity index (χ2v) is 7.84. The number of aryl methyl sites for hydroxylation is 1. The van der Waals surface area contributed by atoms with Crippen LogP contribution in [0.5, 0.6) is 11.5 Å². The van der Waals surface area contributed by atoms with E-state index in [2.05, 4.69) is 20.9 Å². The van der Waals surface area contributed by atoms with Crippen molar-refractivity contribution in [1.82, 2.24) is 14.8 Å². The van der Waals surface area contributed by atoms with E-state index in [1.807, 2.05) is 43.3 Å². The number of aromatic amines is 1.